The zero-order valence-electron chi connectivity index (χ0n) is 16.0. The number of ether oxygens (including phenoxy) is 1. The van der Waals surface area contributed by atoms with E-state index >= 15 is 0 Å². The maximum absolute atomic E-state index is 11.5. The van der Waals surface area contributed by atoms with Crippen LogP contribution in [0.15, 0.2) is 48.5 Å². The lowest BCUT2D eigenvalue weighted by Gasteiger charge is -2.24. The second-order valence-corrected chi connectivity index (χ2v) is 7.73. The van der Waals surface area contributed by atoms with Crippen molar-refractivity contribution in [2.75, 3.05) is 26.3 Å². The number of carbonyl (C=O) groups excluding carboxylic acids is 1. The Labute approximate surface area is 161 Å². The number of carbonyl (C=O) groups is 1. The third kappa shape index (κ3) is 4.40. The van der Waals surface area contributed by atoms with Crippen molar-refractivity contribution < 1.29 is 9.53 Å². The summed E-state index contributed by atoms with van der Waals surface area (Å²) in [6.07, 6.45) is 3.79. The van der Waals surface area contributed by atoms with Crippen LogP contribution in [0.4, 0.5) is 0 Å². The molecule has 27 heavy (non-hydrogen) atoms. The Bertz CT molecular complexity index is 770. The van der Waals surface area contributed by atoms with E-state index in [2.05, 4.69) is 65.7 Å². The Morgan fingerprint density at radius 3 is 2.41 bits per heavy atom. The highest BCUT2D eigenvalue weighted by Gasteiger charge is 2.20. The summed E-state index contributed by atoms with van der Waals surface area (Å²) in [5.41, 5.74) is 4.91. The zero-order valence-corrected chi connectivity index (χ0v) is 16.0. The van der Waals surface area contributed by atoms with E-state index in [-0.39, 0.29) is 18.6 Å². The molecular weight excluding hydrogens is 336 g/mol. The smallest absolute Gasteiger partial charge is 0.246 e. The molecule has 2 saturated heterocycles. The molecular formula is C23H28N2O2. The van der Waals surface area contributed by atoms with E-state index in [1.165, 1.54) is 36.1 Å². The molecule has 2 aliphatic rings. The van der Waals surface area contributed by atoms with Crippen molar-refractivity contribution in [2.45, 2.75) is 38.3 Å². The Kier molecular flexibility index (Phi) is 5.55. The summed E-state index contributed by atoms with van der Waals surface area (Å²) in [5.74, 6) is -0.0470. The first-order valence-electron chi connectivity index (χ1n) is 9.99. The minimum atomic E-state index is -0.0470. The summed E-state index contributed by atoms with van der Waals surface area (Å²) < 4.78 is 5.33. The van der Waals surface area contributed by atoms with Crippen LogP contribution in [0.5, 0.6) is 0 Å². The van der Waals surface area contributed by atoms with Gasteiger partial charge in [-0.25, -0.2) is 0 Å². The van der Waals surface area contributed by atoms with Gasteiger partial charge in [-0.3, -0.25) is 4.79 Å². The van der Waals surface area contributed by atoms with Crippen LogP contribution < -0.4 is 5.32 Å². The van der Waals surface area contributed by atoms with Crippen LogP contribution in [0.2, 0.25) is 0 Å². The number of hydrogen-bond donors (Lipinski definition) is 1. The summed E-state index contributed by atoms with van der Waals surface area (Å²) in [6, 6.07) is 18.0. The number of nitrogens with one attached hydrogen (secondary N) is 1. The molecule has 0 spiro atoms. The maximum Gasteiger partial charge on any atom is 0.246 e. The monoisotopic (exact) mass is 364 g/mol. The molecule has 4 rings (SSSR count). The molecule has 0 radical (unpaired) electrons. The van der Waals surface area contributed by atoms with Crippen molar-refractivity contribution in [3.63, 3.8) is 0 Å². The predicted molar refractivity (Wildman–Crippen MR) is 108 cm³/mol. The molecule has 2 heterocycles. The normalized spacial score (nSPS) is 23.4. The van der Waals surface area contributed by atoms with Gasteiger partial charge < -0.3 is 15.0 Å². The van der Waals surface area contributed by atoms with Crippen LogP contribution in [-0.2, 0) is 16.0 Å². The average Bonchev–Trinajstić information content (AvgIpc) is 3.12. The Morgan fingerprint density at radius 1 is 1.07 bits per heavy atom. The van der Waals surface area contributed by atoms with Gasteiger partial charge in [0.05, 0.1) is 12.6 Å². The second-order valence-electron chi connectivity index (χ2n) is 7.73. The number of morpholine rings is 1. The van der Waals surface area contributed by atoms with Crippen LogP contribution in [-0.4, -0.2) is 43.2 Å². The van der Waals surface area contributed by atoms with E-state index in [4.69, 9.17) is 4.74 Å². The van der Waals surface area contributed by atoms with Gasteiger partial charge >= 0.3 is 0 Å². The van der Waals surface area contributed by atoms with Gasteiger partial charge in [-0.05, 0) is 55.0 Å². The Hall–Kier alpha value is -2.17. The van der Waals surface area contributed by atoms with Crippen LogP contribution in [0.3, 0.4) is 0 Å². The van der Waals surface area contributed by atoms with Gasteiger partial charge in [0.2, 0.25) is 5.91 Å². The van der Waals surface area contributed by atoms with Crippen molar-refractivity contribution >= 4 is 5.91 Å². The Balaban J connectivity index is 1.37. The van der Waals surface area contributed by atoms with Crippen molar-refractivity contribution in [2.24, 2.45) is 0 Å². The average molecular weight is 364 g/mol. The van der Waals surface area contributed by atoms with Gasteiger partial charge in [0.1, 0.15) is 6.61 Å². The number of likely N-dealkylation sites (tertiary alicyclic amines) is 1. The summed E-state index contributed by atoms with van der Waals surface area (Å²) in [4.78, 5) is 14.1. The number of benzene rings is 2. The topological polar surface area (TPSA) is 41.6 Å². The maximum atomic E-state index is 11.5. The molecule has 2 atom stereocenters. The lowest BCUT2D eigenvalue weighted by atomic mass is 9.99. The number of nitrogens with zero attached hydrogens (tertiary/aromatic N) is 1. The molecule has 1 unspecified atom stereocenters. The largest absolute Gasteiger partial charge is 0.369 e. The highest BCUT2D eigenvalue weighted by atomic mass is 16.5. The van der Waals surface area contributed by atoms with Crippen molar-refractivity contribution in [3.8, 4) is 11.1 Å². The van der Waals surface area contributed by atoms with Crippen LogP contribution in [0, 0.1) is 0 Å². The fraction of sp³-hybridized carbons (Fsp3) is 0.435. The van der Waals surface area contributed by atoms with Gasteiger partial charge in [-0.2, -0.15) is 0 Å². The van der Waals surface area contributed by atoms with Gasteiger partial charge in [0, 0.05) is 12.6 Å². The van der Waals surface area contributed by atoms with E-state index < -0.39 is 0 Å². The summed E-state index contributed by atoms with van der Waals surface area (Å²) in [6.45, 7) is 5.44. The first-order chi connectivity index (χ1) is 13.2. The number of hydrogen-bond acceptors (Lipinski definition) is 3. The first kappa shape index (κ1) is 18.2. The summed E-state index contributed by atoms with van der Waals surface area (Å²) >= 11 is 0. The summed E-state index contributed by atoms with van der Waals surface area (Å²) in [5, 5.41) is 2.97. The van der Waals surface area contributed by atoms with Crippen LogP contribution in [0.1, 0.15) is 36.9 Å². The summed E-state index contributed by atoms with van der Waals surface area (Å²) in [7, 11) is 0. The van der Waals surface area contributed by atoms with Gasteiger partial charge in [-0.1, -0.05) is 48.5 Å². The minimum absolute atomic E-state index is 0.0457. The van der Waals surface area contributed by atoms with Crippen molar-refractivity contribution in [1.29, 1.82) is 0 Å². The molecule has 142 valence electrons. The quantitative estimate of drug-likeness (QED) is 0.882. The van der Waals surface area contributed by atoms with Gasteiger partial charge in [0.15, 0.2) is 0 Å². The third-order valence-corrected chi connectivity index (χ3v) is 5.83. The Morgan fingerprint density at radius 2 is 1.78 bits per heavy atom. The molecule has 0 bridgehead atoms. The second kappa shape index (κ2) is 8.24. The highest BCUT2D eigenvalue weighted by Crippen LogP contribution is 2.24. The van der Waals surface area contributed by atoms with E-state index in [1.54, 1.807) is 0 Å². The first-order valence-corrected chi connectivity index (χ1v) is 9.99. The minimum Gasteiger partial charge on any atom is -0.369 e. The highest BCUT2D eigenvalue weighted by molar-refractivity contribution is 5.78. The van der Waals surface area contributed by atoms with Crippen molar-refractivity contribution in [3.05, 3.63) is 59.7 Å². The number of rotatable bonds is 5. The zero-order chi connectivity index (χ0) is 18.6. The molecule has 4 nitrogen and oxygen atoms in total. The molecule has 0 aromatic heterocycles. The molecule has 4 heteroatoms. The molecule has 0 aliphatic carbocycles. The van der Waals surface area contributed by atoms with Gasteiger partial charge in [-0.15, -0.1) is 0 Å². The molecule has 1 N–H and O–H groups in total. The van der Waals surface area contributed by atoms with Gasteiger partial charge in [0.25, 0.3) is 0 Å². The SMILES string of the molecule is C[C@@H]1CCCN1CCc1ccc(-c2ccc(C3COCC(=O)N3)cc2)cc1. The lowest BCUT2D eigenvalue weighted by molar-refractivity contribution is -0.131. The number of amides is 1. The lowest BCUT2D eigenvalue weighted by Crippen LogP contribution is -2.39. The van der Waals surface area contributed by atoms with E-state index in [9.17, 15) is 4.79 Å². The van der Waals surface area contributed by atoms with Crippen molar-refractivity contribution in [1.82, 2.24) is 10.2 Å². The molecule has 2 fully saturated rings. The fourth-order valence-corrected chi connectivity index (χ4v) is 4.10. The molecule has 2 aromatic rings. The van der Waals surface area contributed by atoms with Crippen LogP contribution >= 0.6 is 0 Å². The predicted octanol–water partition coefficient (Wildman–Crippen LogP) is 3.57. The fourth-order valence-electron chi connectivity index (χ4n) is 4.10. The van der Waals surface area contributed by atoms with E-state index in [1.807, 2.05) is 0 Å². The molecule has 0 saturated carbocycles. The standard InChI is InChI=1S/C23H28N2O2/c1-17-3-2-13-25(17)14-12-18-4-6-19(7-5-18)20-8-10-21(11-9-20)22-15-27-16-23(26)24-22/h4-11,17,22H,2-3,12-16H2,1H3,(H,24,26)/t17-,22?/m1/s1. The van der Waals surface area contributed by atoms with E-state index in [0.29, 0.717) is 6.61 Å². The molecule has 2 aromatic carbocycles. The van der Waals surface area contributed by atoms with E-state index in [0.717, 1.165) is 24.6 Å². The third-order valence-electron chi connectivity index (χ3n) is 5.83. The molecule has 1 amide bonds. The molecule has 2 aliphatic heterocycles. The van der Waals surface area contributed by atoms with Crippen LogP contribution in [0.25, 0.3) is 11.1 Å².